The molecule has 0 radical (unpaired) electrons. The number of fused-ring (bicyclic) bond motifs is 1. The third-order valence-electron chi connectivity index (χ3n) is 6.45. The zero-order valence-corrected chi connectivity index (χ0v) is 20.8. The molecule has 2 aliphatic rings. The Balaban J connectivity index is 1.54. The Labute approximate surface area is 205 Å². The number of hydrogen-bond donors (Lipinski definition) is 1. The van der Waals surface area contributed by atoms with Gasteiger partial charge < -0.3 is 10.1 Å². The summed E-state index contributed by atoms with van der Waals surface area (Å²) >= 11 is 0. The molecule has 2 amide bonds. The second-order valence-corrected chi connectivity index (χ2v) is 10.9. The molecular formula is C25H29N3O6S. The second kappa shape index (κ2) is 9.79. The number of nitrogens with zero attached hydrogens (tertiary/aromatic N) is 2. The van der Waals surface area contributed by atoms with Gasteiger partial charge in [-0.1, -0.05) is 24.6 Å². The molecule has 9 nitrogen and oxygen atoms in total. The first-order valence-corrected chi connectivity index (χ1v) is 13.1. The van der Waals surface area contributed by atoms with E-state index in [0.717, 1.165) is 19.3 Å². The smallest absolute Gasteiger partial charge is 0.339 e. The van der Waals surface area contributed by atoms with Crippen molar-refractivity contribution in [3.8, 4) is 0 Å². The number of carbonyl (C=O) groups is 3. The van der Waals surface area contributed by atoms with Crippen molar-refractivity contribution in [1.29, 1.82) is 0 Å². The van der Waals surface area contributed by atoms with Gasteiger partial charge in [-0.15, -0.1) is 0 Å². The van der Waals surface area contributed by atoms with Gasteiger partial charge in [-0.2, -0.15) is 4.31 Å². The minimum absolute atomic E-state index is 0.0180. The number of anilines is 2. The Kier molecular flexibility index (Phi) is 6.95. The molecule has 2 aromatic carbocycles. The van der Waals surface area contributed by atoms with E-state index in [1.807, 2.05) is 6.92 Å². The number of hydrogen-bond acceptors (Lipinski definition) is 6. The van der Waals surface area contributed by atoms with Gasteiger partial charge in [-0.3, -0.25) is 14.5 Å². The normalized spacial score (nSPS) is 19.5. The molecule has 2 heterocycles. The first-order valence-electron chi connectivity index (χ1n) is 11.6. The molecule has 0 saturated carbocycles. The van der Waals surface area contributed by atoms with Crippen LogP contribution in [0, 0.1) is 6.92 Å². The summed E-state index contributed by atoms with van der Waals surface area (Å²) < 4.78 is 33.4. The van der Waals surface area contributed by atoms with Crippen LogP contribution in [-0.4, -0.2) is 55.7 Å². The van der Waals surface area contributed by atoms with Crippen molar-refractivity contribution < 1.29 is 27.5 Å². The lowest BCUT2D eigenvalue weighted by Crippen LogP contribution is -2.47. The highest BCUT2D eigenvalue weighted by Crippen LogP contribution is 2.30. The van der Waals surface area contributed by atoms with Crippen molar-refractivity contribution in [2.24, 2.45) is 0 Å². The predicted molar refractivity (Wildman–Crippen MR) is 131 cm³/mol. The van der Waals surface area contributed by atoms with Crippen LogP contribution in [-0.2, 0) is 24.3 Å². The molecule has 2 aromatic rings. The monoisotopic (exact) mass is 499 g/mol. The third-order valence-corrected chi connectivity index (χ3v) is 8.46. The van der Waals surface area contributed by atoms with Crippen LogP contribution in [0.15, 0.2) is 47.4 Å². The average molecular weight is 500 g/mol. The minimum Gasteiger partial charge on any atom is -0.449 e. The number of amides is 2. The van der Waals surface area contributed by atoms with Crippen LogP contribution in [0.4, 0.5) is 11.4 Å². The highest BCUT2D eigenvalue weighted by atomic mass is 32.2. The van der Waals surface area contributed by atoms with Crippen LogP contribution < -0.4 is 10.2 Å². The van der Waals surface area contributed by atoms with Gasteiger partial charge in [0, 0.05) is 12.6 Å². The number of nitrogens with one attached hydrogen (secondary N) is 1. The lowest BCUT2D eigenvalue weighted by molar-refractivity contribution is -0.128. The summed E-state index contributed by atoms with van der Waals surface area (Å²) in [5.74, 6) is -1.71. The summed E-state index contributed by atoms with van der Waals surface area (Å²) in [4.78, 5) is 39.5. The Hall–Kier alpha value is -3.24. The topological polar surface area (TPSA) is 113 Å². The fraction of sp³-hybridized carbons (Fsp3) is 0.400. The van der Waals surface area contributed by atoms with Gasteiger partial charge in [0.2, 0.25) is 15.9 Å². The van der Waals surface area contributed by atoms with Crippen molar-refractivity contribution in [3.63, 3.8) is 0 Å². The molecule has 0 aromatic heterocycles. The van der Waals surface area contributed by atoms with Crippen molar-refractivity contribution in [3.05, 3.63) is 53.6 Å². The van der Waals surface area contributed by atoms with Crippen molar-refractivity contribution in [2.45, 2.75) is 57.1 Å². The van der Waals surface area contributed by atoms with Crippen LogP contribution in [0.25, 0.3) is 0 Å². The maximum Gasteiger partial charge on any atom is 0.339 e. The van der Waals surface area contributed by atoms with E-state index in [1.54, 1.807) is 37.3 Å². The van der Waals surface area contributed by atoms with E-state index in [4.69, 9.17) is 4.74 Å². The average Bonchev–Trinajstić information content (AvgIpc) is 2.83. The number of carbonyl (C=O) groups excluding carboxylic acids is 3. The Morgan fingerprint density at radius 3 is 2.63 bits per heavy atom. The minimum atomic E-state index is -3.78. The van der Waals surface area contributed by atoms with Crippen molar-refractivity contribution in [2.75, 3.05) is 23.3 Å². The molecule has 0 spiro atoms. The summed E-state index contributed by atoms with van der Waals surface area (Å²) in [6.07, 6.45) is 1.37. The van der Waals surface area contributed by atoms with E-state index in [0.29, 0.717) is 23.5 Å². The number of rotatable bonds is 5. The quantitative estimate of drug-likeness (QED) is 0.633. The zero-order valence-electron chi connectivity index (χ0n) is 20.0. The molecule has 1 fully saturated rings. The van der Waals surface area contributed by atoms with E-state index in [2.05, 4.69) is 5.32 Å². The number of aryl methyl sites for hydroxylation is 1. The van der Waals surface area contributed by atoms with E-state index in [9.17, 15) is 22.8 Å². The molecule has 1 saturated heterocycles. The van der Waals surface area contributed by atoms with Crippen LogP contribution >= 0.6 is 0 Å². The molecule has 186 valence electrons. The summed E-state index contributed by atoms with van der Waals surface area (Å²) in [5, 5.41) is 2.71. The largest absolute Gasteiger partial charge is 0.449 e. The third kappa shape index (κ3) is 4.94. The van der Waals surface area contributed by atoms with Crippen molar-refractivity contribution >= 4 is 39.2 Å². The molecule has 0 aliphatic carbocycles. The van der Waals surface area contributed by atoms with Gasteiger partial charge >= 0.3 is 5.97 Å². The van der Waals surface area contributed by atoms with E-state index < -0.39 is 28.0 Å². The maximum absolute atomic E-state index is 13.2. The molecule has 35 heavy (non-hydrogen) atoms. The van der Waals surface area contributed by atoms with Gasteiger partial charge in [-0.05, 0) is 63.4 Å². The van der Waals surface area contributed by atoms with Gasteiger partial charge in [0.1, 0.15) is 6.54 Å². The van der Waals surface area contributed by atoms with E-state index in [1.165, 1.54) is 28.3 Å². The zero-order chi connectivity index (χ0) is 25.3. The highest BCUT2D eigenvalue weighted by Gasteiger charge is 2.34. The van der Waals surface area contributed by atoms with Gasteiger partial charge in [0.25, 0.3) is 5.91 Å². The number of benzene rings is 2. The number of esters is 1. The maximum atomic E-state index is 13.2. The molecule has 0 unspecified atom stereocenters. The second-order valence-electron chi connectivity index (χ2n) is 8.97. The van der Waals surface area contributed by atoms with Crippen LogP contribution in [0.1, 0.15) is 49.0 Å². The molecule has 1 N–H and O–H groups in total. The van der Waals surface area contributed by atoms with Crippen LogP contribution in [0.2, 0.25) is 0 Å². The number of piperidine rings is 1. The summed E-state index contributed by atoms with van der Waals surface area (Å²) in [5.41, 5.74) is 1.62. The highest BCUT2D eigenvalue weighted by molar-refractivity contribution is 7.89. The molecule has 2 atom stereocenters. The lowest BCUT2D eigenvalue weighted by atomic mass is 10.1. The van der Waals surface area contributed by atoms with Gasteiger partial charge in [0.15, 0.2) is 6.10 Å². The molecule has 10 heteroatoms. The van der Waals surface area contributed by atoms with Crippen LogP contribution in [0.5, 0.6) is 0 Å². The summed E-state index contributed by atoms with van der Waals surface area (Å²) in [6.45, 7) is 5.23. The Morgan fingerprint density at radius 1 is 1.14 bits per heavy atom. The van der Waals surface area contributed by atoms with E-state index in [-0.39, 0.29) is 29.0 Å². The van der Waals surface area contributed by atoms with Crippen molar-refractivity contribution in [1.82, 2.24) is 4.31 Å². The number of sulfonamides is 1. The molecule has 2 aliphatic heterocycles. The number of para-hydroxylation sites is 2. The molecule has 0 bridgehead atoms. The SMILES string of the molecule is Cc1ccc(S(=O)(=O)N2CCCC[C@H]2C)cc1C(=O)O[C@@H](C)C(=O)N1CC(=O)Nc2ccccc21. The molecular weight excluding hydrogens is 470 g/mol. The predicted octanol–water partition coefficient (Wildman–Crippen LogP) is 3.09. The van der Waals surface area contributed by atoms with Crippen LogP contribution in [0.3, 0.4) is 0 Å². The fourth-order valence-electron chi connectivity index (χ4n) is 4.47. The van der Waals surface area contributed by atoms with Gasteiger partial charge in [-0.25, -0.2) is 13.2 Å². The first-order chi connectivity index (χ1) is 16.6. The standard InChI is InChI=1S/C25H29N3O6S/c1-16-11-12-19(35(32,33)28-13-7-6-8-17(28)2)14-20(16)25(31)34-18(3)24(30)27-15-23(29)26-21-9-4-5-10-22(21)27/h4-5,9-12,14,17-18H,6-8,13,15H2,1-3H3,(H,26,29)/t17-,18+/m1/s1. The van der Waals surface area contributed by atoms with E-state index >= 15 is 0 Å². The fourth-order valence-corrected chi connectivity index (χ4v) is 6.20. The summed E-state index contributed by atoms with van der Waals surface area (Å²) in [6, 6.07) is 11.1. The number of ether oxygens (including phenoxy) is 1. The van der Waals surface area contributed by atoms with Gasteiger partial charge in [0.05, 0.1) is 21.8 Å². The molecule has 4 rings (SSSR count). The lowest BCUT2D eigenvalue weighted by Gasteiger charge is -2.32. The Bertz CT molecular complexity index is 1280. The first kappa shape index (κ1) is 24.9. The summed E-state index contributed by atoms with van der Waals surface area (Å²) in [7, 11) is -3.78. The Morgan fingerprint density at radius 2 is 1.89 bits per heavy atom.